The van der Waals surface area contributed by atoms with Crippen LogP contribution in [0.5, 0.6) is 5.75 Å². The number of nitrogens with zero attached hydrogens (tertiary/aromatic N) is 3. The highest BCUT2D eigenvalue weighted by molar-refractivity contribution is 6.29. The summed E-state index contributed by atoms with van der Waals surface area (Å²) in [5.74, 6) is 0.467. The average Bonchev–Trinajstić information content (AvgIpc) is 2.73. The third-order valence-corrected chi connectivity index (χ3v) is 4.62. The summed E-state index contributed by atoms with van der Waals surface area (Å²) in [6, 6.07) is 10.4. The molecule has 148 valence electrons. The van der Waals surface area contributed by atoms with E-state index in [-0.39, 0.29) is 18.4 Å². The van der Waals surface area contributed by atoms with Gasteiger partial charge < -0.3 is 19.7 Å². The number of rotatable bonds is 6. The molecule has 3 rings (SSSR count). The zero-order chi connectivity index (χ0) is 19.9. The third-order valence-electron chi connectivity index (χ3n) is 4.42. The second-order valence-corrected chi connectivity index (χ2v) is 6.77. The van der Waals surface area contributed by atoms with Crippen LogP contribution in [0.15, 0.2) is 36.4 Å². The van der Waals surface area contributed by atoms with E-state index in [1.807, 2.05) is 4.90 Å². The Labute approximate surface area is 167 Å². The summed E-state index contributed by atoms with van der Waals surface area (Å²) in [6.45, 7) is 1.19. The monoisotopic (exact) mass is 404 g/mol. The van der Waals surface area contributed by atoms with Gasteiger partial charge in [0.05, 0.1) is 13.0 Å². The van der Waals surface area contributed by atoms with Crippen LogP contribution in [0, 0.1) is 5.92 Å². The van der Waals surface area contributed by atoms with Gasteiger partial charge in [-0.3, -0.25) is 4.79 Å². The van der Waals surface area contributed by atoms with Gasteiger partial charge in [0.1, 0.15) is 5.75 Å². The second-order valence-electron chi connectivity index (χ2n) is 6.38. The number of hydrogen-bond acceptors (Lipinski definition) is 7. The first-order valence-electron chi connectivity index (χ1n) is 8.90. The Kier molecular flexibility index (Phi) is 6.65. The fourth-order valence-electron chi connectivity index (χ4n) is 2.99. The fourth-order valence-corrected chi connectivity index (χ4v) is 3.09. The van der Waals surface area contributed by atoms with Gasteiger partial charge in [0.2, 0.25) is 5.91 Å². The number of amides is 1. The van der Waals surface area contributed by atoms with Crippen LogP contribution in [-0.2, 0) is 14.3 Å². The van der Waals surface area contributed by atoms with E-state index in [0.717, 1.165) is 19.4 Å². The summed E-state index contributed by atoms with van der Waals surface area (Å²) in [7, 11) is 1.30. The molecule has 0 radical (unpaired) electrons. The van der Waals surface area contributed by atoms with Crippen LogP contribution in [0.1, 0.15) is 12.8 Å². The molecule has 0 aliphatic carbocycles. The Bertz CT molecular complexity index is 831. The van der Waals surface area contributed by atoms with E-state index in [1.165, 1.54) is 7.11 Å². The number of piperidine rings is 1. The topological polar surface area (TPSA) is 93.6 Å². The molecule has 0 unspecified atom stereocenters. The van der Waals surface area contributed by atoms with E-state index < -0.39 is 5.97 Å². The van der Waals surface area contributed by atoms with Crippen molar-refractivity contribution in [2.24, 2.45) is 5.92 Å². The highest BCUT2D eigenvalue weighted by atomic mass is 35.5. The molecule has 1 atom stereocenters. The zero-order valence-electron chi connectivity index (χ0n) is 15.4. The number of carbonyl (C=O) groups excluding carboxylic acids is 2. The molecular weight excluding hydrogens is 384 g/mol. The summed E-state index contributed by atoms with van der Waals surface area (Å²) < 4.78 is 9.89. The van der Waals surface area contributed by atoms with E-state index in [1.54, 1.807) is 36.4 Å². The minimum Gasteiger partial charge on any atom is -0.482 e. The van der Waals surface area contributed by atoms with Gasteiger partial charge in [-0.1, -0.05) is 17.7 Å². The summed E-state index contributed by atoms with van der Waals surface area (Å²) in [5, 5.41) is 11.2. The van der Waals surface area contributed by atoms with E-state index in [2.05, 4.69) is 20.3 Å². The van der Waals surface area contributed by atoms with Crippen LogP contribution in [-0.4, -0.2) is 48.9 Å². The van der Waals surface area contributed by atoms with Gasteiger partial charge in [-0.15, -0.1) is 10.2 Å². The normalized spacial score (nSPS) is 16.4. The Morgan fingerprint density at radius 1 is 1.29 bits per heavy atom. The van der Waals surface area contributed by atoms with Crippen LogP contribution in [0.4, 0.5) is 11.5 Å². The van der Waals surface area contributed by atoms with Crippen molar-refractivity contribution < 1.29 is 19.1 Å². The van der Waals surface area contributed by atoms with Gasteiger partial charge in [-0.25, -0.2) is 4.79 Å². The molecule has 8 nitrogen and oxygen atoms in total. The van der Waals surface area contributed by atoms with Gasteiger partial charge in [-0.05, 0) is 37.1 Å². The summed E-state index contributed by atoms with van der Waals surface area (Å²) in [5.41, 5.74) is 0.607. The standard InChI is InChI=1S/C19H21ClN4O4/c1-27-18(25)12-28-15-6-2-5-14(10-15)21-19(26)13-4-3-9-24(11-13)17-8-7-16(20)22-23-17/h2,5-8,10,13H,3-4,9,11-12H2,1H3,(H,21,26)/t13-/m0/s1. The third kappa shape index (κ3) is 5.32. The number of methoxy groups -OCH3 is 1. The van der Waals surface area contributed by atoms with Crippen molar-refractivity contribution in [3.8, 4) is 5.75 Å². The van der Waals surface area contributed by atoms with E-state index in [0.29, 0.717) is 29.0 Å². The molecular formula is C19H21ClN4O4. The number of benzene rings is 1. The van der Waals surface area contributed by atoms with Gasteiger partial charge in [0.25, 0.3) is 0 Å². The van der Waals surface area contributed by atoms with Crippen molar-refractivity contribution in [3.63, 3.8) is 0 Å². The fraction of sp³-hybridized carbons (Fsp3) is 0.368. The van der Waals surface area contributed by atoms with Crippen LogP contribution >= 0.6 is 11.6 Å². The minimum atomic E-state index is -0.470. The lowest BCUT2D eigenvalue weighted by atomic mass is 9.97. The smallest absolute Gasteiger partial charge is 0.343 e. The Morgan fingerprint density at radius 3 is 2.89 bits per heavy atom. The van der Waals surface area contributed by atoms with Crippen molar-refractivity contribution in [1.82, 2.24) is 10.2 Å². The number of nitrogens with one attached hydrogen (secondary N) is 1. The molecule has 1 aliphatic heterocycles. The van der Waals surface area contributed by atoms with E-state index >= 15 is 0 Å². The number of carbonyl (C=O) groups is 2. The van der Waals surface area contributed by atoms with E-state index in [9.17, 15) is 9.59 Å². The highest BCUT2D eigenvalue weighted by Gasteiger charge is 2.27. The molecule has 0 saturated carbocycles. The van der Waals surface area contributed by atoms with Gasteiger partial charge in [0.15, 0.2) is 17.6 Å². The molecule has 1 N–H and O–H groups in total. The maximum atomic E-state index is 12.7. The lowest BCUT2D eigenvalue weighted by molar-refractivity contribution is -0.142. The van der Waals surface area contributed by atoms with Gasteiger partial charge in [-0.2, -0.15) is 0 Å². The number of halogens is 1. The van der Waals surface area contributed by atoms with Crippen molar-refractivity contribution in [3.05, 3.63) is 41.6 Å². The maximum absolute atomic E-state index is 12.7. The SMILES string of the molecule is COC(=O)COc1cccc(NC(=O)[C@H]2CCCN(c3ccc(Cl)nn3)C2)c1. The maximum Gasteiger partial charge on any atom is 0.343 e. The molecule has 1 aromatic carbocycles. The van der Waals surface area contributed by atoms with Crippen LogP contribution in [0.2, 0.25) is 5.15 Å². The second kappa shape index (κ2) is 9.36. The molecule has 0 bridgehead atoms. The highest BCUT2D eigenvalue weighted by Crippen LogP contribution is 2.24. The number of anilines is 2. The molecule has 1 saturated heterocycles. The molecule has 28 heavy (non-hydrogen) atoms. The summed E-state index contributed by atoms with van der Waals surface area (Å²) >= 11 is 5.79. The zero-order valence-corrected chi connectivity index (χ0v) is 16.2. The largest absolute Gasteiger partial charge is 0.482 e. The molecule has 1 amide bonds. The molecule has 1 aliphatic rings. The van der Waals surface area contributed by atoms with Crippen LogP contribution in [0.3, 0.4) is 0 Å². The van der Waals surface area contributed by atoms with Crippen molar-refractivity contribution in [1.29, 1.82) is 0 Å². The number of aromatic nitrogens is 2. The molecule has 1 aromatic heterocycles. The Morgan fingerprint density at radius 2 is 2.14 bits per heavy atom. The minimum absolute atomic E-state index is 0.0725. The Balaban J connectivity index is 1.59. The first kappa shape index (κ1) is 19.9. The quantitative estimate of drug-likeness (QED) is 0.739. The average molecular weight is 405 g/mol. The lowest BCUT2D eigenvalue weighted by Gasteiger charge is -2.32. The molecule has 2 heterocycles. The summed E-state index contributed by atoms with van der Waals surface area (Å²) in [6.07, 6.45) is 1.67. The first-order valence-corrected chi connectivity index (χ1v) is 9.27. The van der Waals surface area contributed by atoms with Crippen molar-refractivity contribution >= 4 is 35.0 Å². The van der Waals surface area contributed by atoms with Crippen LogP contribution < -0.4 is 15.0 Å². The number of hydrogen-bond donors (Lipinski definition) is 1. The molecule has 9 heteroatoms. The van der Waals surface area contributed by atoms with Gasteiger partial charge in [0, 0.05) is 24.8 Å². The molecule has 1 fully saturated rings. The van der Waals surface area contributed by atoms with Crippen molar-refractivity contribution in [2.75, 3.05) is 37.0 Å². The van der Waals surface area contributed by atoms with E-state index in [4.69, 9.17) is 16.3 Å². The predicted octanol–water partition coefficient (Wildman–Crippen LogP) is 2.54. The van der Waals surface area contributed by atoms with Gasteiger partial charge >= 0.3 is 5.97 Å². The molecule has 0 spiro atoms. The van der Waals surface area contributed by atoms with Crippen LogP contribution in [0.25, 0.3) is 0 Å². The predicted molar refractivity (Wildman–Crippen MR) is 105 cm³/mol. The molecule has 2 aromatic rings. The summed E-state index contributed by atoms with van der Waals surface area (Å²) in [4.78, 5) is 25.9. The number of ether oxygens (including phenoxy) is 2. The Hall–Kier alpha value is -2.87. The lowest BCUT2D eigenvalue weighted by Crippen LogP contribution is -2.41. The first-order chi connectivity index (χ1) is 13.5. The number of esters is 1. The van der Waals surface area contributed by atoms with Crippen molar-refractivity contribution in [2.45, 2.75) is 12.8 Å².